The van der Waals surface area contributed by atoms with Crippen LogP contribution in [-0.4, -0.2) is 0 Å². The smallest absolute Gasteiger partial charge is 0.132 e. The molecular formula is C74H47NO2. The molecule has 360 valence electrons. The van der Waals surface area contributed by atoms with Crippen LogP contribution in [0.25, 0.3) is 55.6 Å². The molecule has 0 saturated heterocycles. The first-order valence-electron chi connectivity index (χ1n) is 26.6. The third-order valence-electron chi connectivity index (χ3n) is 16.8. The summed E-state index contributed by atoms with van der Waals surface area (Å²) in [6.07, 6.45) is 0. The zero-order valence-electron chi connectivity index (χ0n) is 41.9. The summed E-state index contributed by atoms with van der Waals surface area (Å²) in [5.41, 5.74) is 23.6. The first kappa shape index (κ1) is 43.4. The van der Waals surface area contributed by atoms with Crippen molar-refractivity contribution in [2.24, 2.45) is 0 Å². The summed E-state index contributed by atoms with van der Waals surface area (Å²) in [5, 5.41) is 0. The molecule has 3 nitrogen and oxygen atoms in total. The van der Waals surface area contributed by atoms with E-state index < -0.39 is 10.8 Å². The predicted molar refractivity (Wildman–Crippen MR) is 312 cm³/mol. The Balaban J connectivity index is 0.906. The van der Waals surface area contributed by atoms with Crippen LogP contribution in [0, 0.1) is 0 Å². The van der Waals surface area contributed by atoms with Crippen LogP contribution in [0.4, 0.5) is 17.1 Å². The third kappa shape index (κ3) is 6.08. The van der Waals surface area contributed by atoms with Gasteiger partial charge in [0.05, 0.1) is 22.2 Å². The van der Waals surface area contributed by atoms with Gasteiger partial charge in [-0.3, -0.25) is 0 Å². The molecule has 2 aliphatic carbocycles. The number of hydrogen-bond acceptors (Lipinski definition) is 3. The molecule has 12 aromatic rings. The van der Waals surface area contributed by atoms with E-state index in [0.29, 0.717) is 0 Å². The van der Waals surface area contributed by atoms with Crippen LogP contribution < -0.4 is 14.4 Å². The molecule has 0 N–H and O–H groups in total. The van der Waals surface area contributed by atoms with Crippen molar-refractivity contribution in [2.45, 2.75) is 10.8 Å². The van der Waals surface area contributed by atoms with E-state index in [0.717, 1.165) is 90.1 Å². The van der Waals surface area contributed by atoms with Gasteiger partial charge in [0.15, 0.2) is 0 Å². The van der Waals surface area contributed by atoms with E-state index in [2.05, 4.69) is 290 Å². The van der Waals surface area contributed by atoms with Gasteiger partial charge in [0.25, 0.3) is 0 Å². The predicted octanol–water partition coefficient (Wildman–Crippen LogP) is 19.1. The fourth-order valence-electron chi connectivity index (χ4n) is 13.8. The number of rotatable bonds is 6. The van der Waals surface area contributed by atoms with Crippen LogP contribution in [0.3, 0.4) is 0 Å². The van der Waals surface area contributed by atoms with Gasteiger partial charge in [-0.25, -0.2) is 0 Å². The molecule has 0 radical (unpaired) electrons. The standard InChI is InChI=1S/C74H47NO2/c1-2-22-48(23-3-1)52-26-6-14-38-66(52)75(51-25-20-24-49(46-51)50-44-45-60-57(47-50)53-27-4-8-31-58(53)73(60)61-33-10-16-40-68(61)76-69-41-17-11-34-62(69)73)67-39-15-7-28-54(67)55-30-21-37-65-72(55)56-29-5-9-32-59(56)74(65)63-35-12-18-42-70(63)77-71-43-19-13-36-64(71)74/h1-47H. The van der Waals surface area contributed by atoms with Crippen LogP contribution in [0.1, 0.15) is 44.5 Å². The molecule has 0 saturated carbocycles. The molecule has 3 heteroatoms. The molecule has 0 amide bonds. The fourth-order valence-corrected chi connectivity index (χ4v) is 13.8. The maximum Gasteiger partial charge on any atom is 0.132 e. The van der Waals surface area contributed by atoms with E-state index in [1.54, 1.807) is 0 Å². The lowest BCUT2D eigenvalue weighted by Crippen LogP contribution is -2.32. The monoisotopic (exact) mass is 981 g/mol. The second-order valence-electron chi connectivity index (χ2n) is 20.6. The summed E-state index contributed by atoms with van der Waals surface area (Å²) in [6, 6.07) is 104. The summed E-state index contributed by atoms with van der Waals surface area (Å²) in [7, 11) is 0. The quantitative estimate of drug-likeness (QED) is 0.166. The van der Waals surface area contributed by atoms with Crippen molar-refractivity contribution < 1.29 is 9.47 Å². The fraction of sp³-hybridized carbons (Fsp3) is 0.0270. The third-order valence-corrected chi connectivity index (χ3v) is 16.8. The van der Waals surface area contributed by atoms with Crippen LogP contribution in [-0.2, 0) is 10.8 Å². The number of fused-ring (bicyclic) bond motifs is 18. The van der Waals surface area contributed by atoms with Gasteiger partial charge in [-0.1, -0.05) is 231 Å². The Morgan fingerprint density at radius 1 is 0.234 bits per heavy atom. The molecule has 0 unspecified atom stereocenters. The molecule has 2 spiro atoms. The molecule has 12 aromatic carbocycles. The number of ether oxygens (including phenoxy) is 2. The average Bonchev–Trinajstić information content (AvgIpc) is 3.80. The Morgan fingerprint density at radius 3 is 1.26 bits per heavy atom. The van der Waals surface area contributed by atoms with Gasteiger partial charge in [-0.15, -0.1) is 0 Å². The van der Waals surface area contributed by atoms with Gasteiger partial charge in [-0.05, 0) is 121 Å². The minimum atomic E-state index is -0.593. The Bertz CT molecular complexity index is 4290. The highest BCUT2D eigenvalue weighted by atomic mass is 16.5. The lowest BCUT2D eigenvalue weighted by atomic mass is 9.66. The Kier molecular flexibility index (Phi) is 9.47. The van der Waals surface area contributed by atoms with Gasteiger partial charge in [-0.2, -0.15) is 0 Å². The van der Waals surface area contributed by atoms with Crippen LogP contribution in [0.5, 0.6) is 23.0 Å². The van der Waals surface area contributed by atoms with Crippen LogP contribution in [0.2, 0.25) is 0 Å². The molecule has 2 heterocycles. The second-order valence-corrected chi connectivity index (χ2v) is 20.6. The van der Waals surface area contributed by atoms with Gasteiger partial charge >= 0.3 is 0 Å². The molecule has 77 heavy (non-hydrogen) atoms. The van der Waals surface area contributed by atoms with Crippen molar-refractivity contribution in [1.82, 2.24) is 0 Å². The van der Waals surface area contributed by atoms with Crippen molar-refractivity contribution >= 4 is 17.1 Å². The Labute approximate surface area is 448 Å². The average molecular weight is 982 g/mol. The molecule has 0 aromatic heterocycles. The Hall–Kier alpha value is -9.96. The molecule has 16 rings (SSSR count). The SMILES string of the molecule is c1ccc(-c2ccccc2N(c2cccc(-c3ccc4c(c3)-c3ccccc3C43c4ccccc4Oc4ccccc43)c2)c2ccccc2-c2cccc3c2-c2ccccc2C32c3ccccc3Oc3ccccc32)cc1. The van der Waals surface area contributed by atoms with Crippen molar-refractivity contribution in [2.75, 3.05) is 4.90 Å². The molecule has 0 bridgehead atoms. The summed E-state index contributed by atoms with van der Waals surface area (Å²) in [4.78, 5) is 2.49. The van der Waals surface area contributed by atoms with E-state index >= 15 is 0 Å². The van der Waals surface area contributed by atoms with Gasteiger partial charge in [0, 0.05) is 39.1 Å². The first-order chi connectivity index (χ1) is 38.2. The lowest BCUT2D eigenvalue weighted by molar-refractivity contribution is 0.436. The van der Waals surface area contributed by atoms with Crippen LogP contribution in [0.15, 0.2) is 285 Å². The van der Waals surface area contributed by atoms with Crippen molar-refractivity contribution in [1.29, 1.82) is 0 Å². The largest absolute Gasteiger partial charge is 0.457 e. The Morgan fingerprint density at radius 2 is 0.636 bits per heavy atom. The number of hydrogen-bond donors (Lipinski definition) is 0. The second kappa shape index (κ2) is 16.8. The van der Waals surface area contributed by atoms with Gasteiger partial charge in [0.2, 0.25) is 0 Å². The molecule has 2 aliphatic heterocycles. The molecule has 0 fully saturated rings. The molecular weight excluding hydrogens is 935 g/mol. The number of para-hydroxylation sites is 6. The van der Waals surface area contributed by atoms with E-state index in [-0.39, 0.29) is 0 Å². The lowest BCUT2D eigenvalue weighted by Gasteiger charge is -2.39. The highest BCUT2D eigenvalue weighted by Gasteiger charge is 2.53. The zero-order valence-corrected chi connectivity index (χ0v) is 41.9. The van der Waals surface area contributed by atoms with E-state index in [9.17, 15) is 0 Å². The minimum Gasteiger partial charge on any atom is -0.457 e. The topological polar surface area (TPSA) is 21.7 Å². The number of nitrogens with zero attached hydrogens (tertiary/aromatic N) is 1. The summed E-state index contributed by atoms with van der Waals surface area (Å²) in [5.74, 6) is 3.56. The highest BCUT2D eigenvalue weighted by Crippen LogP contribution is 2.65. The number of benzene rings is 12. The maximum atomic E-state index is 6.72. The summed E-state index contributed by atoms with van der Waals surface area (Å²) >= 11 is 0. The first-order valence-corrected chi connectivity index (χ1v) is 26.6. The zero-order chi connectivity index (χ0) is 50.7. The molecule has 0 atom stereocenters. The normalized spacial score (nSPS) is 13.9. The maximum absolute atomic E-state index is 6.72. The minimum absolute atomic E-state index is 0.533. The van der Waals surface area contributed by atoms with Gasteiger partial charge in [0.1, 0.15) is 23.0 Å². The highest BCUT2D eigenvalue weighted by molar-refractivity contribution is 6.02. The summed E-state index contributed by atoms with van der Waals surface area (Å²) in [6.45, 7) is 0. The van der Waals surface area contributed by atoms with Crippen molar-refractivity contribution in [3.63, 3.8) is 0 Å². The van der Waals surface area contributed by atoms with Gasteiger partial charge < -0.3 is 14.4 Å². The van der Waals surface area contributed by atoms with Crippen molar-refractivity contribution in [3.8, 4) is 78.6 Å². The van der Waals surface area contributed by atoms with Crippen molar-refractivity contribution in [3.05, 3.63) is 330 Å². The van der Waals surface area contributed by atoms with E-state index in [1.165, 1.54) is 50.1 Å². The molecule has 4 aliphatic rings. The van der Waals surface area contributed by atoms with E-state index in [4.69, 9.17) is 9.47 Å². The number of anilines is 3. The van der Waals surface area contributed by atoms with Crippen LogP contribution >= 0.6 is 0 Å². The van der Waals surface area contributed by atoms with E-state index in [1.807, 2.05) is 0 Å². The summed E-state index contributed by atoms with van der Waals surface area (Å²) < 4.78 is 13.4.